The average molecular weight is 347 g/mol. The zero-order chi connectivity index (χ0) is 18.6. The number of rotatable bonds is 4. The number of urea groups is 1. The van der Waals surface area contributed by atoms with Crippen LogP contribution in [0, 0.1) is 0 Å². The summed E-state index contributed by atoms with van der Waals surface area (Å²) in [6.45, 7) is 6.35. The molecule has 0 saturated carbocycles. The first kappa shape index (κ1) is 18.9. The van der Waals surface area contributed by atoms with E-state index < -0.39 is 11.6 Å². The van der Waals surface area contributed by atoms with Crippen molar-refractivity contribution >= 4 is 17.7 Å². The third-order valence-corrected chi connectivity index (χ3v) is 4.44. The molecule has 25 heavy (non-hydrogen) atoms. The van der Waals surface area contributed by atoms with E-state index in [1.54, 1.807) is 18.2 Å². The maximum absolute atomic E-state index is 11.5. The molecular weight excluding hydrogens is 322 g/mol. The number of hydrogen-bond donors (Lipinski definition) is 4. The van der Waals surface area contributed by atoms with Gasteiger partial charge < -0.3 is 15.7 Å². The number of aromatic hydroxyl groups is 1. The topological polar surface area (TPSA) is 108 Å². The number of imide groups is 1. The Kier molecular flexibility index (Phi) is 5.79. The summed E-state index contributed by atoms with van der Waals surface area (Å²) in [5.74, 6) is 0.205. The second kappa shape index (κ2) is 7.65. The first-order valence-electron chi connectivity index (χ1n) is 8.49. The second-order valence-electron chi connectivity index (χ2n) is 6.64. The van der Waals surface area contributed by atoms with E-state index in [0.29, 0.717) is 25.4 Å². The number of amides is 3. The molecule has 1 aliphatic heterocycles. The van der Waals surface area contributed by atoms with E-state index in [4.69, 9.17) is 5.11 Å². The van der Waals surface area contributed by atoms with E-state index in [-0.39, 0.29) is 17.4 Å². The van der Waals surface area contributed by atoms with Gasteiger partial charge in [-0.05, 0) is 36.6 Å². The first-order chi connectivity index (χ1) is 11.8. The molecule has 136 valence electrons. The van der Waals surface area contributed by atoms with Crippen molar-refractivity contribution in [3.05, 3.63) is 29.3 Å². The van der Waals surface area contributed by atoms with E-state index in [9.17, 15) is 14.4 Å². The number of Topliss-reactive ketones (excluding diaryl/α,β-unsaturated/α-hetero) is 1. The van der Waals surface area contributed by atoms with Crippen LogP contribution < -0.4 is 16.0 Å². The molecule has 3 amide bonds. The molecule has 0 spiro atoms. The lowest BCUT2D eigenvalue weighted by Crippen LogP contribution is -2.54. The Balaban J connectivity index is 0.000000185. The van der Waals surface area contributed by atoms with Crippen molar-refractivity contribution in [1.29, 1.82) is 0 Å². The molecule has 1 heterocycles. The Labute approximate surface area is 147 Å². The van der Waals surface area contributed by atoms with Crippen LogP contribution in [0.2, 0.25) is 0 Å². The van der Waals surface area contributed by atoms with Crippen molar-refractivity contribution in [1.82, 2.24) is 16.0 Å². The molecule has 1 fully saturated rings. The van der Waals surface area contributed by atoms with Crippen LogP contribution in [0.1, 0.15) is 49.5 Å². The monoisotopic (exact) mass is 347 g/mol. The number of phenolic OH excluding ortho intramolecular Hbond substituents is 1. The Hall–Kier alpha value is -2.41. The Morgan fingerprint density at radius 1 is 1.24 bits per heavy atom. The minimum atomic E-state index is -0.763. The van der Waals surface area contributed by atoms with E-state index in [1.165, 1.54) is 0 Å². The van der Waals surface area contributed by atoms with Crippen LogP contribution in [0.15, 0.2) is 18.2 Å². The number of carbonyl (C=O) groups excluding carboxylic acids is 3. The molecule has 4 N–H and O–H groups in total. The third-order valence-electron chi connectivity index (χ3n) is 4.44. The highest BCUT2D eigenvalue weighted by Gasteiger charge is 2.44. The normalized spacial score (nSPS) is 21.5. The number of nitrogens with one attached hydrogen (secondary N) is 3. The maximum Gasteiger partial charge on any atom is 0.322 e. The molecule has 7 nitrogen and oxygen atoms in total. The van der Waals surface area contributed by atoms with Crippen LogP contribution in [-0.4, -0.2) is 41.0 Å². The van der Waals surface area contributed by atoms with Crippen LogP contribution >= 0.6 is 0 Å². The highest BCUT2D eigenvalue weighted by atomic mass is 16.3. The fraction of sp³-hybridized carbons (Fsp3) is 0.500. The number of hydrogen-bond acceptors (Lipinski definition) is 5. The van der Waals surface area contributed by atoms with E-state index in [2.05, 4.69) is 16.0 Å². The summed E-state index contributed by atoms with van der Waals surface area (Å²) in [5.41, 5.74) is 0.999. The quantitative estimate of drug-likeness (QED) is 0.617. The molecule has 1 aliphatic carbocycles. The van der Waals surface area contributed by atoms with Gasteiger partial charge >= 0.3 is 6.03 Å². The van der Waals surface area contributed by atoms with Gasteiger partial charge in [-0.2, -0.15) is 0 Å². The lowest BCUT2D eigenvalue weighted by molar-refractivity contribution is -0.124. The number of fused-ring (bicyclic) bond motifs is 1. The summed E-state index contributed by atoms with van der Waals surface area (Å²) in [5, 5.41) is 17.1. The molecule has 3 rings (SSSR count). The van der Waals surface area contributed by atoms with Gasteiger partial charge in [-0.15, -0.1) is 0 Å². The van der Waals surface area contributed by atoms with Gasteiger partial charge in [0.05, 0.1) is 0 Å². The summed E-state index contributed by atoms with van der Waals surface area (Å²) in [7, 11) is 0. The van der Waals surface area contributed by atoms with Crippen LogP contribution in [0.4, 0.5) is 4.79 Å². The molecule has 0 bridgehead atoms. The zero-order valence-corrected chi connectivity index (χ0v) is 14.8. The first-order valence-corrected chi connectivity index (χ1v) is 8.49. The summed E-state index contributed by atoms with van der Waals surface area (Å²) < 4.78 is 0. The molecule has 0 radical (unpaired) electrons. The zero-order valence-electron chi connectivity index (χ0n) is 14.8. The molecular formula is C18H25N3O4. The number of phenols is 1. The van der Waals surface area contributed by atoms with Gasteiger partial charge in [0.2, 0.25) is 0 Å². The van der Waals surface area contributed by atoms with Crippen molar-refractivity contribution in [3.8, 4) is 5.75 Å². The van der Waals surface area contributed by atoms with Crippen molar-refractivity contribution < 1.29 is 19.5 Å². The van der Waals surface area contributed by atoms with Gasteiger partial charge in [0.25, 0.3) is 5.91 Å². The molecule has 1 atom stereocenters. The number of benzene rings is 1. The van der Waals surface area contributed by atoms with Crippen LogP contribution in [0.25, 0.3) is 0 Å². The van der Waals surface area contributed by atoms with Crippen molar-refractivity contribution in [2.75, 3.05) is 6.54 Å². The van der Waals surface area contributed by atoms with Crippen LogP contribution in [-0.2, 0) is 11.2 Å². The predicted octanol–water partition coefficient (Wildman–Crippen LogP) is 1.49. The standard InChI is InChI=1S/C9H17N3O2.C9H8O2/c1-4-9(5-10-6(2)3)7(13)11-8(14)12-9;10-7-2-3-8-6(5-7)1-4-9(8)11/h6,10H,4-5H2,1-3H3,(H2,11,12,13,14);2-3,5,10H,1,4H2. The lowest BCUT2D eigenvalue weighted by atomic mass is 9.96. The minimum absolute atomic E-state index is 0.194. The lowest BCUT2D eigenvalue weighted by Gasteiger charge is -2.25. The van der Waals surface area contributed by atoms with Crippen molar-refractivity contribution in [2.45, 2.75) is 51.6 Å². The molecule has 7 heteroatoms. The smallest absolute Gasteiger partial charge is 0.322 e. The number of ketones is 1. The van der Waals surface area contributed by atoms with E-state index >= 15 is 0 Å². The van der Waals surface area contributed by atoms with Gasteiger partial charge in [0.15, 0.2) is 5.78 Å². The third kappa shape index (κ3) is 4.36. The predicted molar refractivity (Wildman–Crippen MR) is 93.6 cm³/mol. The molecule has 1 saturated heterocycles. The fourth-order valence-corrected chi connectivity index (χ4v) is 2.85. The van der Waals surface area contributed by atoms with Gasteiger partial charge in [0, 0.05) is 24.6 Å². The van der Waals surface area contributed by atoms with Gasteiger partial charge in [0.1, 0.15) is 11.3 Å². The maximum atomic E-state index is 11.5. The molecule has 1 aromatic rings. The van der Waals surface area contributed by atoms with Crippen molar-refractivity contribution in [2.24, 2.45) is 0 Å². The molecule has 1 aromatic carbocycles. The summed E-state index contributed by atoms with van der Waals surface area (Å²) in [6, 6.07) is 4.81. The summed E-state index contributed by atoms with van der Waals surface area (Å²) in [4.78, 5) is 33.6. The SMILES string of the molecule is CCC1(CNC(C)C)NC(=O)NC1=O.O=C1CCc2cc(O)ccc21. The fourth-order valence-electron chi connectivity index (χ4n) is 2.85. The van der Waals surface area contributed by atoms with E-state index in [0.717, 1.165) is 17.5 Å². The number of aryl methyl sites for hydroxylation is 1. The number of carbonyl (C=O) groups is 3. The molecule has 1 unspecified atom stereocenters. The van der Waals surface area contributed by atoms with Crippen LogP contribution in [0.3, 0.4) is 0 Å². The molecule has 2 aliphatic rings. The Bertz CT molecular complexity index is 687. The Morgan fingerprint density at radius 3 is 2.52 bits per heavy atom. The minimum Gasteiger partial charge on any atom is -0.508 e. The van der Waals surface area contributed by atoms with Crippen LogP contribution in [0.5, 0.6) is 5.75 Å². The second-order valence-corrected chi connectivity index (χ2v) is 6.64. The summed E-state index contributed by atoms with van der Waals surface area (Å²) in [6.07, 6.45) is 1.96. The van der Waals surface area contributed by atoms with E-state index in [1.807, 2.05) is 20.8 Å². The average Bonchev–Trinajstić information content (AvgIpc) is 3.06. The molecule has 0 aromatic heterocycles. The van der Waals surface area contributed by atoms with Crippen molar-refractivity contribution in [3.63, 3.8) is 0 Å². The Morgan fingerprint density at radius 2 is 1.96 bits per heavy atom. The highest BCUT2D eigenvalue weighted by Crippen LogP contribution is 2.25. The van der Waals surface area contributed by atoms with Gasteiger partial charge in [-0.25, -0.2) is 4.79 Å². The van der Waals surface area contributed by atoms with Gasteiger partial charge in [-0.3, -0.25) is 14.9 Å². The summed E-state index contributed by atoms with van der Waals surface area (Å²) >= 11 is 0. The largest absolute Gasteiger partial charge is 0.508 e. The van der Waals surface area contributed by atoms with Gasteiger partial charge in [-0.1, -0.05) is 20.8 Å². The highest BCUT2D eigenvalue weighted by molar-refractivity contribution is 6.07.